The third-order valence-corrected chi connectivity index (χ3v) is 4.67. The van der Waals surface area contributed by atoms with Crippen LogP contribution in [0.2, 0.25) is 0 Å². The van der Waals surface area contributed by atoms with E-state index in [1.165, 1.54) is 17.7 Å². The number of hydrogen-bond donors (Lipinski definition) is 1. The minimum atomic E-state index is -0.519. The maximum Gasteiger partial charge on any atom is 0.284 e. The number of hydrogen-bond acceptors (Lipinski definition) is 4. The molecule has 2 rings (SSSR count). The number of carbonyl (C=O) groups excluding carboxylic acids is 1. The largest absolute Gasteiger partial charge is 0.347 e. The minimum absolute atomic E-state index is 0.118. The predicted molar refractivity (Wildman–Crippen MR) is 85.7 cm³/mol. The fraction of sp³-hybridized carbons (Fsp3) is 0.214. The Labute approximate surface area is 134 Å². The number of rotatable bonds is 5. The molecule has 0 aliphatic carbocycles. The lowest BCUT2D eigenvalue weighted by molar-refractivity contribution is -0.385. The summed E-state index contributed by atoms with van der Waals surface area (Å²) in [5, 5.41) is 15.7. The van der Waals surface area contributed by atoms with E-state index in [-0.39, 0.29) is 17.2 Å². The second-order valence-electron chi connectivity index (χ2n) is 4.33. The molecule has 0 saturated carbocycles. The smallest absolute Gasteiger partial charge is 0.284 e. The molecular weight excluding hydrogens is 356 g/mol. The Morgan fingerprint density at radius 1 is 1.43 bits per heavy atom. The molecule has 0 fully saturated rings. The van der Waals surface area contributed by atoms with Crippen LogP contribution >= 0.6 is 27.3 Å². The van der Waals surface area contributed by atoms with Crippen molar-refractivity contribution in [3.63, 3.8) is 0 Å². The van der Waals surface area contributed by atoms with Crippen molar-refractivity contribution in [3.05, 3.63) is 60.2 Å². The molecule has 0 spiro atoms. The van der Waals surface area contributed by atoms with Crippen molar-refractivity contribution in [3.8, 4) is 0 Å². The number of nitrogens with one attached hydrogen (secondary N) is 1. The standard InChI is InChI=1S/C14H13BrN2O3S/c1-2-9-5-6-21-13(9)8-16-14(18)10-3-4-11(15)12(7-10)17(19)20/h3-7H,2,8H2,1H3,(H,16,18). The SMILES string of the molecule is CCc1ccsc1CNC(=O)c1ccc(Br)c([N+](=O)[O-])c1. The molecule has 2 aromatic rings. The van der Waals surface area contributed by atoms with Gasteiger partial charge in [-0.3, -0.25) is 14.9 Å². The highest BCUT2D eigenvalue weighted by Crippen LogP contribution is 2.25. The van der Waals surface area contributed by atoms with Gasteiger partial charge in [-0.1, -0.05) is 6.92 Å². The molecular formula is C14H13BrN2O3S. The molecule has 1 aromatic heterocycles. The van der Waals surface area contributed by atoms with Crippen LogP contribution in [0.1, 0.15) is 27.7 Å². The molecule has 1 amide bonds. The van der Waals surface area contributed by atoms with Gasteiger partial charge in [0.1, 0.15) is 0 Å². The normalized spacial score (nSPS) is 10.4. The van der Waals surface area contributed by atoms with Crippen molar-refractivity contribution < 1.29 is 9.72 Å². The first-order valence-corrected chi connectivity index (χ1v) is 7.97. The lowest BCUT2D eigenvalue weighted by Crippen LogP contribution is -2.22. The number of carbonyl (C=O) groups is 1. The molecule has 0 aliphatic rings. The van der Waals surface area contributed by atoms with Crippen LogP contribution < -0.4 is 5.32 Å². The predicted octanol–water partition coefficient (Wildman–Crippen LogP) is 3.91. The molecule has 7 heteroatoms. The molecule has 21 heavy (non-hydrogen) atoms. The van der Waals surface area contributed by atoms with Crippen molar-refractivity contribution in [1.82, 2.24) is 5.32 Å². The minimum Gasteiger partial charge on any atom is -0.347 e. The Hall–Kier alpha value is -1.73. The van der Waals surface area contributed by atoms with Gasteiger partial charge in [-0.05, 0) is 51.5 Å². The first-order chi connectivity index (χ1) is 10.0. The summed E-state index contributed by atoms with van der Waals surface area (Å²) in [4.78, 5) is 23.5. The highest BCUT2D eigenvalue weighted by Gasteiger charge is 2.16. The molecule has 0 unspecified atom stereocenters. The molecule has 0 aliphatic heterocycles. The van der Waals surface area contributed by atoms with E-state index in [1.807, 2.05) is 11.4 Å². The third kappa shape index (κ3) is 3.68. The van der Waals surface area contributed by atoms with Gasteiger partial charge in [-0.25, -0.2) is 0 Å². The fourth-order valence-corrected chi connectivity index (χ4v) is 3.20. The van der Waals surface area contributed by atoms with Crippen molar-refractivity contribution in [2.75, 3.05) is 0 Å². The average Bonchev–Trinajstić information content (AvgIpc) is 2.92. The maximum absolute atomic E-state index is 12.1. The summed E-state index contributed by atoms with van der Waals surface area (Å²) in [5.41, 5.74) is 1.37. The number of aryl methyl sites for hydroxylation is 1. The van der Waals surface area contributed by atoms with E-state index in [1.54, 1.807) is 17.4 Å². The maximum atomic E-state index is 12.1. The van der Waals surface area contributed by atoms with Gasteiger partial charge < -0.3 is 5.32 Å². The number of nitrogens with zero attached hydrogens (tertiary/aromatic N) is 1. The second-order valence-corrected chi connectivity index (χ2v) is 6.18. The van der Waals surface area contributed by atoms with Gasteiger partial charge in [0.2, 0.25) is 0 Å². The number of halogens is 1. The summed E-state index contributed by atoms with van der Waals surface area (Å²) >= 11 is 4.69. The number of nitro groups is 1. The van der Waals surface area contributed by atoms with Gasteiger partial charge in [0.25, 0.3) is 11.6 Å². The quantitative estimate of drug-likeness (QED) is 0.642. The van der Waals surface area contributed by atoms with E-state index < -0.39 is 4.92 Å². The first kappa shape index (κ1) is 15.7. The Morgan fingerprint density at radius 3 is 2.86 bits per heavy atom. The molecule has 0 saturated heterocycles. The molecule has 1 heterocycles. The van der Waals surface area contributed by atoms with Gasteiger partial charge in [-0.2, -0.15) is 0 Å². The van der Waals surface area contributed by atoms with Crippen LogP contribution in [0.5, 0.6) is 0 Å². The molecule has 1 aromatic carbocycles. The molecule has 110 valence electrons. The number of thiophene rings is 1. The van der Waals surface area contributed by atoms with E-state index in [0.29, 0.717) is 11.0 Å². The van der Waals surface area contributed by atoms with Crippen LogP contribution in [-0.4, -0.2) is 10.8 Å². The molecule has 1 N–H and O–H groups in total. The number of benzene rings is 1. The van der Waals surface area contributed by atoms with Crippen LogP contribution in [0.15, 0.2) is 34.1 Å². The van der Waals surface area contributed by atoms with E-state index in [9.17, 15) is 14.9 Å². The zero-order valence-corrected chi connectivity index (χ0v) is 13.7. The lowest BCUT2D eigenvalue weighted by atomic mass is 10.2. The Balaban J connectivity index is 2.10. The fourth-order valence-electron chi connectivity index (χ4n) is 1.89. The molecule has 5 nitrogen and oxygen atoms in total. The van der Waals surface area contributed by atoms with Gasteiger partial charge in [0, 0.05) is 16.5 Å². The van der Waals surface area contributed by atoms with Gasteiger partial charge >= 0.3 is 0 Å². The topological polar surface area (TPSA) is 72.2 Å². The lowest BCUT2D eigenvalue weighted by Gasteiger charge is -2.06. The van der Waals surface area contributed by atoms with Gasteiger partial charge in [-0.15, -0.1) is 11.3 Å². The van der Waals surface area contributed by atoms with Crippen LogP contribution in [0, 0.1) is 10.1 Å². The summed E-state index contributed by atoms with van der Waals surface area (Å²) in [5.74, 6) is -0.318. The summed E-state index contributed by atoms with van der Waals surface area (Å²) in [7, 11) is 0. The van der Waals surface area contributed by atoms with Crippen LogP contribution in [0.25, 0.3) is 0 Å². The van der Waals surface area contributed by atoms with Gasteiger partial charge in [0.15, 0.2) is 0 Å². The van der Waals surface area contributed by atoms with Crippen LogP contribution in [-0.2, 0) is 13.0 Å². The summed E-state index contributed by atoms with van der Waals surface area (Å²) in [6.07, 6.45) is 0.915. The van der Waals surface area contributed by atoms with E-state index in [4.69, 9.17) is 0 Å². The zero-order chi connectivity index (χ0) is 15.4. The first-order valence-electron chi connectivity index (χ1n) is 6.30. The van der Waals surface area contributed by atoms with E-state index in [0.717, 1.165) is 11.3 Å². The van der Waals surface area contributed by atoms with Crippen molar-refractivity contribution in [2.45, 2.75) is 19.9 Å². The zero-order valence-electron chi connectivity index (χ0n) is 11.3. The Bertz CT molecular complexity index is 685. The van der Waals surface area contributed by atoms with Crippen molar-refractivity contribution in [2.24, 2.45) is 0 Å². The summed E-state index contributed by atoms with van der Waals surface area (Å²) < 4.78 is 0.357. The number of amides is 1. The van der Waals surface area contributed by atoms with Gasteiger partial charge in [0.05, 0.1) is 15.9 Å². The summed E-state index contributed by atoms with van der Waals surface area (Å²) in [6.45, 7) is 2.50. The van der Waals surface area contributed by atoms with Crippen molar-refractivity contribution in [1.29, 1.82) is 0 Å². The Morgan fingerprint density at radius 2 is 2.19 bits per heavy atom. The molecule has 0 atom stereocenters. The van der Waals surface area contributed by atoms with E-state index in [2.05, 4.69) is 28.2 Å². The molecule has 0 radical (unpaired) electrons. The van der Waals surface area contributed by atoms with Crippen molar-refractivity contribution >= 4 is 38.9 Å². The van der Waals surface area contributed by atoms with E-state index >= 15 is 0 Å². The number of nitro benzene ring substituents is 1. The van der Waals surface area contributed by atoms with Crippen LogP contribution in [0.4, 0.5) is 5.69 Å². The second kappa shape index (κ2) is 6.82. The third-order valence-electron chi connectivity index (χ3n) is 3.03. The Kier molecular flexibility index (Phi) is 5.08. The highest BCUT2D eigenvalue weighted by molar-refractivity contribution is 9.10. The molecule has 0 bridgehead atoms. The monoisotopic (exact) mass is 368 g/mol. The summed E-state index contributed by atoms with van der Waals surface area (Å²) in [6, 6.07) is 6.38. The van der Waals surface area contributed by atoms with Crippen LogP contribution in [0.3, 0.4) is 0 Å². The average molecular weight is 369 g/mol. The highest BCUT2D eigenvalue weighted by atomic mass is 79.9.